The van der Waals surface area contributed by atoms with Crippen molar-refractivity contribution in [3.63, 3.8) is 0 Å². The molecule has 4 nitrogen and oxygen atoms in total. The molecule has 0 aromatic carbocycles. The topological polar surface area (TPSA) is 65.8 Å². The molecule has 0 fully saturated rings. The fraction of sp³-hybridized carbons (Fsp3) is 0. The lowest BCUT2D eigenvalue weighted by molar-refractivity contribution is 0.102. The second kappa shape index (κ2) is 4.95. The number of amides is 1. The van der Waals surface area contributed by atoms with Gasteiger partial charge < -0.3 is 5.32 Å². The molecule has 2 aromatic rings. The number of carbonyl (C=O) groups excluding carboxylic acids is 1. The number of nitrogens with one attached hydrogen (secondary N) is 1. The van der Waals surface area contributed by atoms with Crippen LogP contribution in [-0.2, 0) is 0 Å². The molecule has 0 spiro atoms. The maximum Gasteiger partial charge on any atom is 0.259 e. The van der Waals surface area contributed by atoms with Crippen molar-refractivity contribution in [3.05, 3.63) is 46.1 Å². The maximum atomic E-state index is 11.9. The SMILES string of the molecule is N#Cc1ccsc1NC(=O)c1cccnc1Cl. The number of thiophene rings is 1. The van der Waals surface area contributed by atoms with E-state index in [9.17, 15) is 4.79 Å². The number of aromatic nitrogens is 1. The summed E-state index contributed by atoms with van der Waals surface area (Å²) in [5, 5.41) is 13.8. The quantitative estimate of drug-likeness (QED) is 0.847. The minimum Gasteiger partial charge on any atom is -0.312 e. The second-order valence-electron chi connectivity index (χ2n) is 3.07. The molecule has 1 amide bonds. The third-order valence-electron chi connectivity index (χ3n) is 2.02. The van der Waals surface area contributed by atoms with Crippen molar-refractivity contribution in [2.24, 2.45) is 0 Å². The van der Waals surface area contributed by atoms with E-state index in [1.165, 1.54) is 17.5 Å². The monoisotopic (exact) mass is 263 g/mol. The molecule has 0 aliphatic carbocycles. The van der Waals surface area contributed by atoms with Crippen LogP contribution < -0.4 is 5.32 Å². The molecule has 2 heterocycles. The van der Waals surface area contributed by atoms with E-state index in [2.05, 4.69) is 10.3 Å². The molecule has 2 aromatic heterocycles. The summed E-state index contributed by atoms with van der Waals surface area (Å²) in [5.41, 5.74) is 0.717. The molecular weight excluding hydrogens is 258 g/mol. The Morgan fingerprint density at radius 2 is 2.35 bits per heavy atom. The summed E-state index contributed by atoms with van der Waals surface area (Å²) in [4.78, 5) is 15.7. The molecule has 0 bridgehead atoms. The van der Waals surface area contributed by atoms with Gasteiger partial charge in [0.05, 0.1) is 11.1 Å². The van der Waals surface area contributed by atoms with Gasteiger partial charge in [-0.15, -0.1) is 11.3 Å². The van der Waals surface area contributed by atoms with Gasteiger partial charge in [-0.05, 0) is 23.6 Å². The zero-order chi connectivity index (χ0) is 12.3. The molecule has 0 aliphatic rings. The number of rotatable bonds is 2. The molecule has 0 unspecified atom stereocenters. The fourth-order valence-corrected chi connectivity index (χ4v) is 2.16. The Kier molecular flexibility index (Phi) is 3.38. The predicted octanol–water partition coefficient (Wildman–Crippen LogP) is 2.92. The van der Waals surface area contributed by atoms with Gasteiger partial charge in [0.1, 0.15) is 16.2 Å². The number of hydrogen-bond acceptors (Lipinski definition) is 4. The number of carbonyl (C=O) groups is 1. The van der Waals surface area contributed by atoms with Crippen LogP contribution in [0.15, 0.2) is 29.8 Å². The Bertz CT molecular complexity index is 603. The van der Waals surface area contributed by atoms with Crippen molar-refractivity contribution in [1.29, 1.82) is 5.26 Å². The number of hydrogen-bond donors (Lipinski definition) is 1. The summed E-state index contributed by atoms with van der Waals surface area (Å²) in [5.74, 6) is -0.373. The molecule has 1 N–H and O–H groups in total. The highest BCUT2D eigenvalue weighted by Crippen LogP contribution is 2.23. The number of anilines is 1. The Labute approximate surface area is 106 Å². The summed E-state index contributed by atoms with van der Waals surface area (Å²) in [6.45, 7) is 0. The highest BCUT2D eigenvalue weighted by molar-refractivity contribution is 7.14. The molecule has 6 heteroatoms. The first kappa shape index (κ1) is 11.6. The summed E-state index contributed by atoms with van der Waals surface area (Å²) < 4.78 is 0. The van der Waals surface area contributed by atoms with Crippen molar-refractivity contribution < 1.29 is 4.79 Å². The average Bonchev–Trinajstić information content (AvgIpc) is 2.76. The Balaban J connectivity index is 2.24. The summed E-state index contributed by atoms with van der Waals surface area (Å²) in [6, 6.07) is 6.84. The third kappa shape index (κ3) is 2.44. The van der Waals surface area contributed by atoms with E-state index in [-0.39, 0.29) is 16.6 Å². The van der Waals surface area contributed by atoms with Crippen LogP contribution in [0.5, 0.6) is 0 Å². The minimum atomic E-state index is -0.373. The van der Waals surface area contributed by atoms with Crippen LogP contribution in [0.3, 0.4) is 0 Å². The van der Waals surface area contributed by atoms with Gasteiger partial charge in [0.2, 0.25) is 0 Å². The molecule has 84 valence electrons. The highest BCUT2D eigenvalue weighted by Gasteiger charge is 2.13. The normalized spacial score (nSPS) is 9.65. The molecule has 0 atom stereocenters. The van der Waals surface area contributed by atoms with Gasteiger partial charge in [0.25, 0.3) is 5.91 Å². The van der Waals surface area contributed by atoms with Gasteiger partial charge in [-0.25, -0.2) is 4.98 Å². The van der Waals surface area contributed by atoms with Crippen LogP contribution in [-0.4, -0.2) is 10.9 Å². The lowest BCUT2D eigenvalue weighted by Crippen LogP contribution is -2.12. The lowest BCUT2D eigenvalue weighted by Gasteiger charge is -2.03. The Morgan fingerprint density at radius 3 is 3.06 bits per heavy atom. The molecule has 17 heavy (non-hydrogen) atoms. The highest BCUT2D eigenvalue weighted by atomic mass is 35.5. The van der Waals surface area contributed by atoms with Crippen molar-refractivity contribution in [3.8, 4) is 6.07 Å². The van der Waals surface area contributed by atoms with Gasteiger partial charge in [0, 0.05) is 6.20 Å². The number of nitrogens with zero attached hydrogens (tertiary/aromatic N) is 2. The van der Waals surface area contributed by atoms with Crippen LogP contribution in [0.25, 0.3) is 0 Å². The van der Waals surface area contributed by atoms with Crippen LogP contribution in [0.1, 0.15) is 15.9 Å². The summed E-state index contributed by atoms with van der Waals surface area (Å²) >= 11 is 7.08. The molecule has 0 saturated heterocycles. The first-order valence-electron chi connectivity index (χ1n) is 4.62. The third-order valence-corrected chi connectivity index (χ3v) is 3.15. The van der Waals surface area contributed by atoms with Crippen LogP contribution in [0.2, 0.25) is 5.15 Å². The van der Waals surface area contributed by atoms with E-state index in [0.717, 1.165) is 0 Å². The molecule has 0 aliphatic heterocycles. The van der Waals surface area contributed by atoms with E-state index < -0.39 is 0 Å². The van der Waals surface area contributed by atoms with Gasteiger partial charge in [-0.2, -0.15) is 5.26 Å². The van der Waals surface area contributed by atoms with Gasteiger partial charge in [0.15, 0.2) is 0 Å². The zero-order valence-corrected chi connectivity index (χ0v) is 10.0. The smallest absolute Gasteiger partial charge is 0.259 e. The average molecular weight is 264 g/mol. The summed E-state index contributed by atoms with van der Waals surface area (Å²) in [7, 11) is 0. The van der Waals surface area contributed by atoms with E-state index in [4.69, 9.17) is 16.9 Å². The summed E-state index contributed by atoms with van der Waals surface area (Å²) in [6.07, 6.45) is 1.50. The Morgan fingerprint density at radius 1 is 1.53 bits per heavy atom. The van der Waals surface area contributed by atoms with Gasteiger partial charge in [-0.3, -0.25) is 4.79 Å². The number of pyridine rings is 1. The van der Waals surface area contributed by atoms with Gasteiger partial charge >= 0.3 is 0 Å². The lowest BCUT2D eigenvalue weighted by atomic mass is 10.2. The largest absolute Gasteiger partial charge is 0.312 e. The van der Waals surface area contributed by atoms with Crippen LogP contribution >= 0.6 is 22.9 Å². The minimum absolute atomic E-state index is 0.139. The van der Waals surface area contributed by atoms with Crippen molar-refractivity contribution in [2.45, 2.75) is 0 Å². The Hall–Kier alpha value is -1.90. The zero-order valence-electron chi connectivity index (χ0n) is 8.48. The molecule has 0 radical (unpaired) electrons. The van der Waals surface area contributed by atoms with Crippen LogP contribution in [0.4, 0.5) is 5.00 Å². The first-order chi connectivity index (χ1) is 8.22. The molecular formula is C11H6ClN3OS. The molecule has 2 rings (SSSR count). The van der Waals surface area contributed by atoms with Crippen molar-refractivity contribution in [2.75, 3.05) is 5.32 Å². The van der Waals surface area contributed by atoms with Crippen molar-refractivity contribution in [1.82, 2.24) is 4.98 Å². The second-order valence-corrected chi connectivity index (χ2v) is 4.35. The number of nitriles is 1. The van der Waals surface area contributed by atoms with E-state index in [1.54, 1.807) is 23.6 Å². The standard InChI is InChI=1S/C11H6ClN3OS/c12-9-8(2-1-4-14-9)10(16)15-11-7(6-13)3-5-17-11/h1-5H,(H,15,16). The maximum absolute atomic E-state index is 11.9. The molecule has 0 saturated carbocycles. The van der Waals surface area contributed by atoms with E-state index in [0.29, 0.717) is 10.6 Å². The number of halogens is 1. The van der Waals surface area contributed by atoms with Gasteiger partial charge in [-0.1, -0.05) is 11.6 Å². The van der Waals surface area contributed by atoms with E-state index >= 15 is 0 Å². The van der Waals surface area contributed by atoms with Crippen LogP contribution in [0, 0.1) is 11.3 Å². The first-order valence-corrected chi connectivity index (χ1v) is 5.87. The van der Waals surface area contributed by atoms with E-state index in [1.807, 2.05) is 6.07 Å². The predicted molar refractivity (Wildman–Crippen MR) is 66.2 cm³/mol. The fourth-order valence-electron chi connectivity index (χ4n) is 1.22. The van der Waals surface area contributed by atoms with Crippen molar-refractivity contribution >= 4 is 33.8 Å².